The molecule has 2 heterocycles. The van der Waals surface area contributed by atoms with E-state index in [1.807, 2.05) is 0 Å². The molecule has 27 heavy (non-hydrogen) atoms. The topological polar surface area (TPSA) is 69.5 Å². The molecule has 9 heteroatoms. The van der Waals surface area contributed by atoms with Crippen LogP contribution in [0.15, 0.2) is 44.3 Å². The second kappa shape index (κ2) is 7.37. The lowest BCUT2D eigenvalue weighted by Crippen LogP contribution is -1.68. The van der Waals surface area contributed by atoms with E-state index in [0.717, 1.165) is 0 Å². The Balaban J connectivity index is 0.000000156. The van der Waals surface area contributed by atoms with E-state index < -0.39 is 0 Å². The van der Waals surface area contributed by atoms with Gasteiger partial charge in [0, 0.05) is 15.9 Å². The minimum Gasteiger partial charge on any atom is -0.445 e. The lowest BCUT2D eigenvalue weighted by atomic mass is 10.2. The fraction of sp³-hybridized carbons (Fsp3) is 0. The largest absolute Gasteiger partial charge is 0.445 e. The molecule has 0 atom stereocenters. The number of hydrogen-bond acceptors (Lipinski definition) is 4. The summed E-state index contributed by atoms with van der Waals surface area (Å²) in [7, 11) is 0. The molecule has 0 N–H and O–H groups in total. The average Bonchev–Trinajstić information content (AvgIpc) is 3.30. The molecule has 0 unspecified atom stereocenters. The van der Waals surface area contributed by atoms with E-state index in [4.69, 9.17) is 35.1 Å². The molecule has 2 aromatic carbocycles. The van der Waals surface area contributed by atoms with Gasteiger partial charge < -0.3 is 8.83 Å². The average molecular weight is 417 g/mol. The zero-order valence-corrected chi connectivity index (χ0v) is 14.9. The van der Waals surface area contributed by atoms with Gasteiger partial charge in [0.2, 0.25) is 0 Å². The van der Waals surface area contributed by atoms with Gasteiger partial charge >= 0.3 is 0 Å². The number of halogens is 1. The van der Waals surface area contributed by atoms with Crippen LogP contribution < -0.4 is 0 Å². The summed E-state index contributed by atoms with van der Waals surface area (Å²) in [6.07, 6.45) is 1.30. The van der Waals surface area contributed by atoms with Crippen LogP contribution in [0.25, 0.3) is 41.6 Å². The van der Waals surface area contributed by atoms with Gasteiger partial charge in [0.15, 0.2) is 29.1 Å². The van der Waals surface area contributed by atoms with Crippen molar-refractivity contribution in [2.75, 3.05) is 0 Å². The first-order valence-corrected chi connectivity index (χ1v) is 7.86. The van der Waals surface area contributed by atoms with E-state index in [-0.39, 0.29) is 5.69 Å². The monoisotopic (exact) mass is 416 g/mol. The summed E-state index contributed by atoms with van der Waals surface area (Å²) in [6, 6.07) is 6.15. The lowest BCUT2D eigenvalue weighted by molar-refractivity contribution is 0.570. The normalized spacial score (nSPS) is 9.52. The molecule has 0 radical (unpaired) electrons. The van der Waals surface area contributed by atoms with Crippen molar-refractivity contribution < 1.29 is 8.83 Å². The number of aromatic nitrogens is 2. The molecule has 2 aromatic heterocycles. The molecule has 8 nitrogen and oxygen atoms in total. The fourth-order valence-corrected chi connectivity index (χ4v) is 2.53. The highest BCUT2D eigenvalue weighted by Gasteiger charge is 2.09. The molecule has 0 spiro atoms. The standard InChI is InChI=1S/C9H2BrN3O.C9H3N3O/c1-11-5-3-7-8(4-6(5)12-2)14-9(10)13-7;1-10-6-3-8-9(13-5-12-8)4-7(6)11-2/h3-4H;3-5H. The number of oxazole rings is 2. The Bertz CT molecular complexity index is 1240. The third-order valence-electron chi connectivity index (χ3n) is 3.37. The van der Waals surface area contributed by atoms with Gasteiger partial charge in [0.05, 0.1) is 37.3 Å². The van der Waals surface area contributed by atoms with Gasteiger partial charge in [-0.15, -0.1) is 0 Å². The molecule has 0 saturated carbocycles. The molecule has 0 fully saturated rings. The van der Waals surface area contributed by atoms with Crippen LogP contribution in [0.2, 0.25) is 0 Å². The van der Waals surface area contributed by atoms with Gasteiger partial charge in [0.25, 0.3) is 4.80 Å². The van der Waals surface area contributed by atoms with Crippen molar-refractivity contribution in [3.8, 4) is 0 Å². The van der Waals surface area contributed by atoms with Crippen LogP contribution in [0.1, 0.15) is 0 Å². The Morgan fingerprint density at radius 1 is 0.741 bits per heavy atom. The van der Waals surface area contributed by atoms with E-state index >= 15 is 0 Å². The fourth-order valence-electron chi connectivity index (χ4n) is 2.16. The first kappa shape index (κ1) is 17.6. The van der Waals surface area contributed by atoms with Crippen LogP contribution >= 0.6 is 15.9 Å². The predicted octanol–water partition coefficient (Wildman–Crippen LogP) is 6.62. The van der Waals surface area contributed by atoms with Crippen molar-refractivity contribution in [1.82, 2.24) is 9.97 Å². The summed E-state index contributed by atoms with van der Waals surface area (Å²) in [6.45, 7) is 27.4. The smallest absolute Gasteiger partial charge is 0.264 e. The molecule has 4 aromatic rings. The first-order chi connectivity index (χ1) is 13.1. The summed E-state index contributed by atoms with van der Waals surface area (Å²) in [5.74, 6) is 0. The predicted molar refractivity (Wildman–Crippen MR) is 101 cm³/mol. The SMILES string of the molecule is [C-]#[N+]c1cc2nc(Br)oc2cc1[N+]#[C-].[C-]#[N+]c1cc2ncoc2cc1[N+]#[C-]. The molecular weight excluding hydrogens is 412 g/mol. The van der Waals surface area contributed by atoms with Crippen LogP contribution in [0, 0.1) is 26.3 Å². The molecule has 0 aliphatic heterocycles. The summed E-state index contributed by atoms with van der Waals surface area (Å²) in [5, 5.41) is 0. The van der Waals surface area contributed by atoms with Gasteiger partial charge in [-0.25, -0.2) is 19.7 Å². The Hall–Kier alpha value is -4.18. The van der Waals surface area contributed by atoms with Gasteiger partial charge in [-0.05, 0) is 24.3 Å². The molecule has 126 valence electrons. The lowest BCUT2D eigenvalue weighted by Gasteiger charge is -1.92. The van der Waals surface area contributed by atoms with Gasteiger partial charge in [-0.3, -0.25) is 9.69 Å². The highest BCUT2D eigenvalue weighted by Crippen LogP contribution is 2.34. The first-order valence-electron chi connectivity index (χ1n) is 7.06. The number of fused-ring (bicyclic) bond motifs is 2. The molecule has 0 aliphatic carbocycles. The van der Waals surface area contributed by atoms with Crippen molar-refractivity contribution in [2.45, 2.75) is 0 Å². The van der Waals surface area contributed by atoms with Gasteiger partial charge in [-0.2, -0.15) is 0 Å². The van der Waals surface area contributed by atoms with E-state index in [1.165, 1.54) is 18.5 Å². The Morgan fingerprint density at radius 2 is 1.26 bits per heavy atom. The highest BCUT2D eigenvalue weighted by atomic mass is 79.9. The summed E-state index contributed by atoms with van der Waals surface area (Å²) < 4.78 is 10.2. The van der Waals surface area contributed by atoms with E-state index in [0.29, 0.717) is 44.1 Å². The molecule has 0 saturated heterocycles. The van der Waals surface area contributed by atoms with Crippen LogP contribution in [0.5, 0.6) is 0 Å². The summed E-state index contributed by atoms with van der Waals surface area (Å²) in [4.78, 5) is 21.2. The minimum atomic E-state index is 0.288. The van der Waals surface area contributed by atoms with E-state index in [2.05, 4.69) is 45.3 Å². The van der Waals surface area contributed by atoms with Gasteiger partial charge in [-0.1, -0.05) is 0 Å². The quantitative estimate of drug-likeness (QED) is 0.302. The number of nitrogens with zero attached hydrogens (tertiary/aromatic N) is 6. The maximum Gasteiger partial charge on any atom is 0.264 e. The van der Waals surface area contributed by atoms with E-state index in [9.17, 15) is 0 Å². The minimum absolute atomic E-state index is 0.288. The van der Waals surface area contributed by atoms with Crippen LogP contribution in [0.3, 0.4) is 0 Å². The summed E-state index contributed by atoms with van der Waals surface area (Å²) >= 11 is 3.08. The zero-order valence-electron chi connectivity index (χ0n) is 13.3. The second-order valence-electron chi connectivity index (χ2n) is 4.88. The Morgan fingerprint density at radius 3 is 1.85 bits per heavy atom. The number of hydrogen-bond donors (Lipinski definition) is 0. The summed E-state index contributed by atoms with van der Waals surface area (Å²) in [5.41, 5.74) is 3.45. The Labute approximate surface area is 161 Å². The van der Waals surface area contributed by atoms with Crippen molar-refractivity contribution in [2.24, 2.45) is 0 Å². The number of rotatable bonds is 0. The molecular formula is C18H5BrN6O2. The Kier molecular flexibility index (Phi) is 4.82. The maximum absolute atomic E-state index is 6.88. The van der Waals surface area contributed by atoms with E-state index in [1.54, 1.807) is 12.1 Å². The van der Waals surface area contributed by atoms with Crippen molar-refractivity contribution in [3.05, 3.63) is 81.1 Å². The second-order valence-corrected chi connectivity index (χ2v) is 5.56. The molecule has 4 rings (SSSR count). The third kappa shape index (κ3) is 3.45. The molecule has 0 aliphatic rings. The van der Waals surface area contributed by atoms with Crippen molar-refractivity contribution >= 4 is 60.9 Å². The van der Waals surface area contributed by atoms with Crippen LogP contribution in [-0.4, -0.2) is 9.97 Å². The van der Waals surface area contributed by atoms with Crippen molar-refractivity contribution in [3.63, 3.8) is 0 Å². The number of benzene rings is 2. The van der Waals surface area contributed by atoms with Crippen LogP contribution in [0.4, 0.5) is 22.7 Å². The molecule has 0 bridgehead atoms. The maximum atomic E-state index is 6.88. The van der Waals surface area contributed by atoms with Gasteiger partial charge in [0.1, 0.15) is 11.2 Å². The highest BCUT2D eigenvalue weighted by molar-refractivity contribution is 9.10. The molecule has 0 amide bonds. The third-order valence-corrected chi connectivity index (χ3v) is 3.71. The zero-order chi connectivity index (χ0) is 19.4. The van der Waals surface area contributed by atoms with Crippen molar-refractivity contribution in [1.29, 1.82) is 0 Å². The van der Waals surface area contributed by atoms with Crippen LogP contribution in [-0.2, 0) is 0 Å².